The Labute approximate surface area is 125 Å². The monoisotopic (exact) mass is 306 g/mol. The van der Waals surface area contributed by atoms with E-state index in [9.17, 15) is 18.4 Å². The van der Waals surface area contributed by atoms with E-state index in [1.165, 1.54) is 18.2 Å². The van der Waals surface area contributed by atoms with Crippen LogP contribution in [0.3, 0.4) is 0 Å². The van der Waals surface area contributed by atoms with E-state index in [0.717, 1.165) is 0 Å². The number of amides is 1. The number of alkyl halides is 2. The Hall–Kier alpha value is -2.24. The SMILES string of the molecule is NC(=O)c1ccc2[nH]c([C@H]3CCCC(F)(F)C3)cc(=O)c2c1. The molecule has 1 saturated carbocycles. The van der Waals surface area contributed by atoms with E-state index in [1.54, 1.807) is 6.07 Å². The summed E-state index contributed by atoms with van der Waals surface area (Å²) < 4.78 is 27.1. The number of carbonyl (C=O) groups excluding carboxylic acids is 1. The fourth-order valence-electron chi connectivity index (χ4n) is 3.08. The van der Waals surface area contributed by atoms with Crippen molar-refractivity contribution in [2.45, 2.75) is 37.5 Å². The van der Waals surface area contributed by atoms with Gasteiger partial charge in [-0.25, -0.2) is 8.78 Å². The first-order chi connectivity index (χ1) is 10.4. The maximum absolute atomic E-state index is 13.6. The quantitative estimate of drug-likeness (QED) is 0.895. The first-order valence-electron chi connectivity index (χ1n) is 7.20. The molecule has 1 amide bonds. The second-order valence-corrected chi connectivity index (χ2v) is 5.86. The number of aromatic nitrogens is 1. The second kappa shape index (κ2) is 5.19. The van der Waals surface area contributed by atoms with Crippen LogP contribution in [0, 0.1) is 0 Å². The number of nitrogens with one attached hydrogen (secondary N) is 1. The van der Waals surface area contributed by atoms with Crippen molar-refractivity contribution < 1.29 is 13.6 Å². The Morgan fingerprint density at radius 3 is 2.77 bits per heavy atom. The summed E-state index contributed by atoms with van der Waals surface area (Å²) in [5, 5.41) is 0.336. The number of primary amides is 1. The van der Waals surface area contributed by atoms with Crippen LogP contribution in [-0.2, 0) is 0 Å². The number of fused-ring (bicyclic) bond motifs is 1. The Morgan fingerprint density at radius 1 is 1.32 bits per heavy atom. The molecular formula is C16H16F2N2O2. The molecule has 0 spiro atoms. The summed E-state index contributed by atoms with van der Waals surface area (Å²) >= 11 is 0. The fourth-order valence-corrected chi connectivity index (χ4v) is 3.08. The number of hydrogen-bond acceptors (Lipinski definition) is 2. The number of H-pyrrole nitrogens is 1. The van der Waals surface area contributed by atoms with Crippen LogP contribution in [-0.4, -0.2) is 16.8 Å². The summed E-state index contributed by atoms with van der Waals surface area (Å²) in [7, 11) is 0. The van der Waals surface area contributed by atoms with Crippen molar-refractivity contribution in [3.63, 3.8) is 0 Å². The van der Waals surface area contributed by atoms with Gasteiger partial charge in [-0.2, -0.15) is 0 Å². The van der Waals surface area contributed by atoms with Crippen molar-refractivity contribution in [1.29, 1.82) is 0 Å². The molecule has 1 aromatic heterocycles. The van der Waals surface area contributed by atoms with E-state index in [0.29, 0.717) is 29.4 Å². The summed E-state index contributed by atoms with van der Waals surface area (Å²) in [6.07, 6.45) is 0.742. The van der Waals surface area contributed by atoms with Gasteiger partial charge in [-0.3, -0.25) is 9.59 Å². The van der Waals surface area contributed by atoms with E-state index < -0.39 is 11.8 Å². The third-order valence-electron chi connectivity index (χ3n) is 4.22. The second-order valence-electron chi connectivity index (χ2n) is 5.86. The van der Waals surface area contributed by atoms with Crippen molar-refractivity contribution in [3.05, 3.63) is 45.7 Å². The van der Waals surface area contributed by atoms with Crippen LogP contribution in [0.4, 0.5) is 8.78 Å². The number of carbonyl (C=O) groups is 1. The summed E-state index contributed by atoms with van der Waals surface area (Å²) in [5.41, 5.74) is 6.21. The lowest BCUT2D eigenvalue weighted by atomic mass is 9.84. The van der Waals surface area contributed by atoms with E-state index in [-0.39, 0.29) is 29.8 Å². The molecular weight excluding hydrogens is 290 g/mol. The van der Waals surface area contributed by atoms with E-state index >= 15 is 0 Å². The molecule has 0 saturated heterocycles. The predicted molar refractivity (Wildman–Crippen MR) is 79.2 cm³/mol. The van der Waals surface area contributed by atoms with Gasteiger partial charge >= 0.3 is 0 Å². The zero-order valence-corrected chi connectivity index (χ0v) is 11.9. The smallest absolute Gasteiger partial charge is 0.248 e. The van der Waals surface area contributed by atoms with Crippen molar-refractivity contribution in [1.82, 2.24) is 4.98 Å². The van der Waals surface area contributed by atoms with Crippen LogP contribution >= 0.6 is 0 Å². The number of nitrogens with two attached hydrogens (primary N) is 1. The highest BCUT2D eigenvalue weighted by atomic mass is 19.3. The molecule has 2 aromatic rings. The fraction of sp³-hybridized carbons (Fsp3) is 0.375. The molecule has 3 N–H and O–H groups in total. The van der Waals surface area contributed by atoms with Gasteiger partial charge in [-0.1, -0.05) is 0 Å². The molecule has 0 aliphatic heterocycles. The number of halogens is 2. The van der Waals surface area contributed by atoms with E-state index in [4.69, 9.17) is 5.73 Å². The summed E-state index contributed by atoms with van der Waals surface area (Å²) in [4.78, 5) is 26.4. The number of benzene rings is 1. The topological polar surface area (TPSA) is 76.0 Å². The van der Waals surface area contributed by atoms with Gasteiger partial charge in [0.15, 0.2) is 5.43 Å². The Kier molecular flexibility index (Phi) is 3.47. The number of pyridine rings is 1. The normalized spacial score (nSPS) is 20.9. The third kappa shape index (κ3) is 2.73. The van der Waals surface area contributed by atoms with Gasteiger partial charge in [0.25, 0.3) is 0 Å². The minimum absolute atomic E-state index is 0.0940. The van der Waals surface area contributed by atoms with Crippen LogP contribution in [0.15, 0.2) is 29.1 Å². The molecule has 1 aliphatic carbocycles. The minimum atomic E-state index is -2.68. The van der Waals surface area contributed by atoms with E-state index in [1.807, 2.05) is 0 Å². The zero-order chi connectivity index (χ0) is 15.9. The molecule has 0 bridgehead atoms. The lowest BCUT2D eigenvalue weighted by Crippen LogP contribution is -2.26. The molecule has 1 aromatic carbocycles. The van der Waals surface area contributed by atoms with Gasteiger partial charge in [0.1, 0.15) is 0 Å². The Bertz CT molecular complexity index is 798. The standard InChI is InChI=1S/C16H16F2N2O2/c17-16(18)5-1-2-10(8-16)13-7-14(21)11-6-9(15(19)22)3-4-12(11)20-13/h3-4,6-7,10H,1-2,5,8H2,(H2,19,22)(H,20,21)/t10-/m0/s1. The zero-order valence-electron chi connectivity index (χ0n) is 11.9. The van der Waals surface area contributed by atoms with Crippen LogP contribution in [0.2, 0.25) is 0 Å². The molecule has 1 atom stereocenters. The maximum atomic E-state index is 13.6. The minimum Gasteiger partial charge on any atom is -0.366 e. The van der Waals surface area contributed by atoms with Crippen LogP contribution in [0.1, 0.15) is 47.7 Å². The number of hydrogen-bond donors (Lipinski definition) is 2. The largest absolute Gasteiger partial charge is 0.366 e. The average molecular weight is 306 g/mol. The van der Waals surface area contributed by atoms with Crippen LogP contribution in [0.5, 0.6) is 0 Å². The molecule has 3 rings (SSSR count). The van der Waals surface area contributed by atoms with Gasteiger partial charge in [-0.05, 0) is 31.0 Å². The Morgan fingerprint density at radius 2 is 2.09 bits per heavy atom. The first kappa shape index (κ1) is 14.7. The molecule has 6 heteroatoms. The highest BCUT2D eigenvalue weighted by Crippen LogP contribution is 2.41. The highest BCUT2D eigenvalue weighted by molar-refractivity contribution is 5.96. The Balaban J connectivity index is 2.04. The van der Waals surface area contributed by atoms with Crippen LogP contribution < -0.4 is 11.2 Å². The summed E-state index contributed by atoms with van der Waals surface area (Å²) in [6, 6.07) is 5.89. The van der Waals surface area contributed by atoms with Crippen LogP contribution in [0.25, 0.3) is 10.9 Å². The van der Waals surface area contributed by atoms with Gasteiger partial charge in [0.2, 0.25) is 11.8 Å². The number of rotatable bonds is 2. The predicted octanol–water partition coefficient (Wildman–Crippen LogP) is 2.92. The highest BCUT2D eigenvalue weighted by Gasteiger charge is 2.37. The third-order valence-corrected chi connectivity index (χ3v) is 4.22. The van der Waals surface area contributed by atoms with Gasteiger partial charge < -0.3 is 10.7 Å². The molecule has 116 valence electrons. The first-order valence-corrected chi connectivity index (χ1v) is 7.20. The lowest BCUT2D eigenvalue weighted by molar-refractivity contribution is -0.0412. The van der Waals surface area contributed by atoms with Gasteiger partial charge in [0, 0.05) is 47.0 Å². The number of aromatic amines is 1. The summed E-state index contributed by atoms with van der Waals surface area (Å²) in [6.45, 7) is 0. The molecule has 22 heavy (non-hydrogen) atoms. The van der Waals surface area contributed by atoms with Gasteiger partial charge in [-0.15, -0.1) is 0 Å². The van der Waals surface area contributed by atoms with Gasteiger partial charge in [0.05, 0.1) is 0 Å². The maximum Gasteiger partial charge on any atom is 0.248 e. The van der Waals surface area contributed by atoms with Crippen molar-refractivity contribution >= 4 is 16.8 Å². The lowest BCUT2D eigenvalue weighted by Gasteiger charge is -2.29. The van der Waals surface area contributed by atoms with Crippen molar-refractivity contribution in [3.8, 4) is 0 Å². The van der Waals surface area contributed by atoms with Crippen molar-refractivity contribution in [2.24, 2.45) is 5.73 Å². The molecule has 1 aliphatic rings. The molecule has 0 radical (unpaired) electrons. The summed E-state index contributed by atoms with van der Waals surface area (Å²) in [5.74, 6) is -3.64. The van der Waals surface area contributed by atoms with E-state index in [2.05, 4.69) is 4.98 Å². The molecule has 4 nitrogen and oxygen atoms in total. The average Bonchev–Trinajstić information content (AvgIpc) is 2.45. The molecule has 1 heterocycles. The van der Waals surface area contributed by atoms with Crippen molar-refractivity contribution in [2.75, 3.05) is 0 Å². The molecule has 1 fully saturated rings. The molecule has 0 unspecified atom stereocenters.